The molecule has 0 heterocycles. The molecule has 0 aliphatic carbocycles. The van der Waals surface area contributed by atoms with Gasteiger partial charge in [-0.25, -0.2) is 0 Å². The summed E-state index contributed by atoms with van der Waals surface area (Å²) in [4.78, 5) is 35.1. The van der Waals surface area contributed by atoms with E-state index in [9.17, 15) is 19.7 Å². The Morgan fingerprint density at radius 3 is 2.35 bits per heavy atom. The second-order valence-corrected chi connectivity index (χ2v) is 7.05. The molecule has 0 fully saturated rings. The van der Waals surface area contributed by atoms with E-state index in [-0.39, 0.29) is 22.5 Å². The molecule has 2 rings (SSSR count). The molecule has 136 valence electrons. The first-order valence-electron chi connectivity index (χ1n) is 8.02. The van der Waals surface area contributed by atoms with Crippen LogP contribution in [-0.2, 0) is 5.41 Å². The van der Waals surface area contributed by atoms with E-state index in [4.69, 9.17) is 5.73 Å². The van der Waals surface area contributed by atoms with Gasteiger partial charge in [0.05, 0.1) is 16.2 Å². The second kappa shape index (κ2) is 6.95. The van der Waals surface area contributed by atoms with Crippen LogP contribution in [-0.4, -0.2) is 16.7 Å². The predicted octanol–water partition coefficient (Wildman–Crippen LogP) is 3.55. The summed E-state index contributed by atoms with van der Waals surface area (Å²) in [6.07, 6.45) is 0. The number of nitrogens with zero attached hydrogens (tertiary/aromatic N) is 1. The van der Waals surface area contributed by atoms with Gasteiger partial charge in [-0.2, -0.15) is 0 Å². The Kier molecular flexibility index (Phi) is 5.11. The molecular formula is C19H21N3O4. The van der Waals surface area contributed by atoms with Crippen LogP contribution >= 0.6 is 0 Å². The summed E-state index contributed by atoms with van der Waals surface area (Å²) < 4.78 is 0. The zero-order chi connectivity index (χ0) is 19.6. The van der Waals surface area contributed by atoms with Crippen molar-refractivity contribution >= 4 is 23.2 Å². The van der Waals surface area contributed by atoms with Crippen molar-refractivity contribution in [3.8, 4) is 0 Å². The van der Waals surface area contributed by atoms with Gasteiger partial charge in [-0.3, -0.25) is 19.7 Å². The quantitative estimate of drug-likeness (QED) is 0.644. The first-order chi connectivity index (χ1) is 12.0. The number of benzene rings is 2. The van der Waals surface area contributed by atoms with Crippen molar-refractivity contribution in [1.82, 2.24) is 0 Å². The van der Waals surface area contributed by atoms with Gasteiger partial charge in [-0.15, -0.1) is 0 Å². The van der Waals surface area contributed by atoms with E-state index >= 15 is 0 Å². The van der Waals surface area contributed by atoms with Gasteiger partial charge in [0.15, 0.2) is 0 Å². The van der Waals surface area contributed by atoms with Gasteiger partial charge < -0.3 is 11.1 Å². The first-order valence-corrected chi connectivity index (χ1v) is 8.02. The van der Waals surface area contributed by atoms with Crippen LogP contribution in [0.3, 0.4) is 0 Å². The monoisotopic (exact) mass is 355 g/mol. The molecule has 7 nitrogen and oxygen atoms in total. The zero-order valence-electron chi connectivity index (χ0n) is 15.1. The molecule has 0 aliphatic heterocycles. The van der Waals surface area contributed by atoms with Crippen LogP contribution in [0.15, 0.2) is 36.4 Å². The molecule has 0 aromatic heterocycles. The van der Waals surface area contributed by atoms with Crippen LogP contribution in [0.5, 0.6) is 0 Å². The van der Waals surface area contributed by atoms with Crippen molar-refractivity contribution in [2.75, 3.05) is 5.32 Å². The standard InChI is InChI=1S/C19H21N3O4/c1-11-6-5-7-14(16(11)17(20)23)21-18(24)12-8-9-13(19(2,3)4)15(10-12)22(25)26/h5-10H,1-4H3,(H2,20,23)(H,21,24). The predicted molar refractivity (Wildman–Crippen MR) is 99.4 cm³/mol. The average Bonchev–Trinajstić information content (AvgIpc) is 2.53. The van der Waals surface area contributed by atoms with Gasteiger partial charge in [0.1, 0.15) is 0 Å². The number of hydrogen-bond donors (Lipinski definition) is 2. The number of nitrogens with one attached hydrogen (secondary N) is 1. The number of primary amides is 1. The molecule has 2 aromatic carbocycles. The van der Waals surface area contributed by atoms with Crippen molar-refractivity contribution in [1.29, 1.82) is 0 Å². The Morgan fingerprint density at radius 1 is 1.15 bits per heavy atom. The van der Waals surface area contributed by atoms with Crippen LogP contribution in [0, 0.1) is 17.0 Å². The van der Waals surface area contributed by atoms with E-state index in [1.165, 1.54) is 12.1 Å². The summed E-state index contributed by atoms with van der Waals surface area (Å²) >= 11 is 0. The fourth-order valence-corrected chi connectivity index (χ4v) is 2.75. The summed E-state index contributed by atoms with van der Waals surface area (Å²) in [5, 5.41) is 14.0. The van der Waals surface area contributed by atoms with Crippen LogP contribution in [0.2, 0.25) is 0 Å². The minimum absolute atomic E-state index is 0.121. The molecule has 2 amide bonds. The van der Waals surface area contributed by atoms with Crippen LogP contribution < -0.4 is 11.1 Å². The number of carbonyl (C=O) groups is 2. The maximum absolute atomic E-state index is 12.6. The molecule has 0 unspecified atom stereocenters. The lowest BCUT2D eigenvalue weighted by atomic mass is 9.85. The molecule has 0 saturated carbocycles. The molecule has 2 aromatic rings. The van der Waals surface area contributed by atoms with Gasteiger partial charge in [-0.1, -0.05) is 39.0 Å². The average molecular weight is 355 g/mol. The Hall–Kier alpha value is -3.22. The largest absolute Gasteiger partial charge is 0.366 e. The molecule has 3 N–H and O–H groups in total. The van der Waals surface area contributed by atoms with Crippen LogP contribution in [0.25, 0.3) is 0 Å². The van der Waals surface area contributed by atoms with E-state index in [0.29, 0.717) is 11.1 Å². The van der Waals surface area contributed by atoms with Crippen molar-refractivity contribution in [3.05, 3.63) is 68.8 Å². The summed E-state index contributed by atoms with van der Waals surface area (Å²) in [6.45, 7) is 7.29. The Balaban J connectivity index is 2.43. The third kappa shape index (κ3) is 3.88. The number of nitro groups is 1. The molecule has 0 atom stereocenters. The third-order valence-electron chi connectivity index (χ3n) is 4.03. The van der Waals surface area contributed by atoms with Crippen molar-refractivity contribution in [3.63, 3.8) is 0 Å². The summed E-state index contributed by atoms with van der Waals surface area (Å²) in [7, 11) is 0. The van der Waals surface area contributed by atoms with Crippen molar-refractivity contribution < 1.29 is 14.5 Å². The molecule has 26 heavy (non-hydrogen) atoms. The molecule has 0 radical (unpaired) electrons. The number of nitro benzene ring substituents is 1. The van der Waals surface area contributed by atoms with E-state index in [0.717, 1.165) is 0 Å². The smallest absolute Gasteiger partial charge is 0.273 e. The minimum atomic E-state index is -0.660. The lowest BCUT2D eigenvalue weighted by Gasteiger charge is -2.19. The SMILES string of the molecule is Cc1cccc(NC(=O)c2ccc(C(C)(C)C)c([N+](=O)[O-])c2)c1C(N)=O. The first kappa shape index (κ1) is 19.1. The molecule has 7 heteroatoms. The molecule has 0 spiro atoms. The summed E-state index contributed by atoms with van der Waals surface area (Å²) in [5.74, 6) is -1.21. The molecule has 0 saturated heterocycles. The number of rotatable bonds is 4. The van der Waals surface area contributed by atoms with Crippen molar-refractivity contribution in [2.24, 2.45) is 5.73 Å². The lowest BCUT2D eigenvalue weighted by Crippen LogP contribution is -2.20. The molecular weight excluding hydrogens is 334 g/mol. The van der Waals surface area contributed by atoms with Gasteiger partial charge >= 0.3 is 0 Å². The van der Waals surface area contributed by atoms with E-state index in [2.05, 4.69) is 5.32 Å². The Bertz CT molecular complexity index is 898. The highest BCUT2D eigenvalue weighted by Gasteiger charge is 2.26. The highest BCUT2D eigenvalue weighted by Crippen LogP contribution is 2.32. The summed E-state index contributed by atoms with van der Waals surface area (Å²) in [5.41, 5.74) is 6.59. The normalized spacial score (nSPS) is 11.1. The summed E-state index contributed by atoms with van der Waals surface area (Å²) in [6, 6.07) is 9.31. The number of amides is 2. The fraction of sp³-hybridized carbons (Fsp3) is 0.263. The lowest BCUT2D eigenvalue weighted by molar-refractivity contribution is -0.386. The number of anilines is 1. The number of carbonyl (C=O) groups excluding carboxylic acids is 2. The van der Waals surface area contributed by atoms with Gasteiger partial charge in [0, 0.05) is 17.2 Å². The van der Waals surface area contributed by atoms with Gasteiger partial charge in [-0.05, 0) is 30.0 Å². The molecule has 0 bridgehead atoms. The zero-order valence-corrected chi connectivity index (χ0v) is 15.1. The van der Waals surface area contributed by atoms with E-state index < -0.39 is 22.2 Å². The second-order valence-electron chi connectivity index (χ2n) is 7.05. The van der Waals surface area contributed by atoms with E-state index in [1.807, 2.05) is 20.8 Å². The topological polar surface area (TPSA) is 115 Å². The highest BCUT2D eigenvalue weighted by atomic mass is 16.6. The Labute approximate surface area is 151 Å². The highest BCUT2D eigenvalue weighted by molar-refractivity contribution is 6.09. The van der Waals surface area contributed by atoms with Gasteiger partial charge in [0.2, 0.25) is 0 Å². The van der Waals surface area contributed by atoms with Crippen LogP contribution in [0.4, 0.5) is 11.4 Å². The third-order valence-corrected chi connectivity index (χ3v) is 4.03. The van der Waals surface area contributed by atoms with E-state index in [1.54, 1.807) is 31.2 Å². The van der Waals surface area contributed by atoms with Crippen LogP contribution in [0.1, 0.15) is 52.6 Å². The number of nitrogens with two attached hydrogens (primary N) is 1. The number of aryl methyl sites for hydroxylation is 1. The fourth-order valence-electron chi connectivity index (χ4n) is 2.75. The van der Waals surface area contributed by atoms with Crippen molar-refractivity contribution in [2.45, 2.75) is 33.1 Å². The maximum Gasteiger partial charge on any atom is 0.273 e. The minimum Gasteiger partial charge on any atom is -0.366 e. The number of hydrogen-bond acceptors (Lipinski definition) is 4. The maximum atomic E-state index is 12.6. The Morgan fingerprint density at radius 2 is 1.81 bits per heavy atom. The van der Waals surface area contributed by atoms with Gasteiger partial charge in [0.25, 0.3) is 17.5 Å². The molecule has 0 aliphatic rings.